The molecule has 0 N–H and O–H groups in total. The van der Waals surface area contributed by atoms with Crippen LogP contribution < -0.4 is 4.74 Å². The molecule has 0 fully saturated rings. The maximum absolute atomic E-state index is 13.3. The van der Waals surface area contributed by atoms with Crippen LogP contribution in [-0.4, -0.2) is 31.6 Å². The fraction of sp³-hybridized carbons (Fsp3) is 0.185. The second kappa shape index (κ2) is 9.50. The number of amides is 1. The van der Waals surface area contributed by atoms with Crippen LogP contribution in [-0.2, 0) is 11.4 Å². The molecular formula is C27H24FN5O2. The van der Waals surface area contributed by atoms with Gasteiger partial charge in [0.1, 0.15) is 23.9 Å². The van der Waals surface area contributed by atoms with Gasteiger partial charge in [-0.1, -0.05) is 47.7 Å². The smallest absolute Gasteiger partial charge is 0.240 e. The van der Waals surface area contributed by atoms with E-state index in [1.54, 1.807) is 16.8 Å². The molecule has 176 valence electrons. The van der Waals surface area contributed by atoms with Gasteiger partial charge < -0.3 is 4.74 Å². The Morgan fingerprint density at radius 1 is 1.03 bits per heavy atom. The normalized spacial score (nSPS) is 15.2. The van der Waals surface area contributed by atoms with E-state index in [-0.39, 0.29) is 17.8 Å². The van der Waals surface area contributed by atoms with Gasteiger partial charge in [0, 0.05) is 13.3 Å². The van der Waals surface area contributed by atoms with Crippen molar-refractivity contribution < 1.29 is 13.9 Å². The van der Waals surface area contributed by atoms with Crippen LogP contribution in [0, 0.1) is 12.7 Å². The van der Waals surface area contributed by atoms with E-state index in [1.807, 2.05) is 61.5 Å². The first-order valence-electron chi connectivity index (χ1n) is 11.3. The van der Waals surface area contributed by atoms with E-state index < -0.39 is 0 Å². The molecule has 0 saturated heterocycles. The number of halogens is 1. The van der Waals surface area contributed by atoms with Gasteiger partial charge in [-0.15, -0.1) is 5.10 Å². The number of ether oxygens (including phenoxy) is 1. The fourth-order valence-corrected chi connectivity index (χ4v) is 4.15. The van der Waals surface area contributed by atoms with E-state index in [0.717, 1.165) is 22.6 Å². The summed E-state index contributed by atoms with van der Waals surface area (Å²) in [5.74, 6) is 0.283. The highest BCUT2D eigenvalue weighted by molar-refractivity contribution is 6.02. The summed E-state index contributed by atoms with van der Waals surface area (Å²) < 4.78 is 20.8. The first-order valence-corrected chi connectivity index (χ1v) is 11.3. The third-order valence-electron chi connectivity index (χ3n) is 5.99. The number of rotatable bonds is 6. The average molecular weight is 470 g/mol. The van der Waals surface area contributed by atoms with Crippen molar-refractivity contribution >= 4 is 11.6 Å². The highest BCUT2D eigenvalue weighted by Gasteiger charge is 2.33. The van der Waals surface area contributed by atoms with E-state index >= 15 is 0 Å². The topological polar surface area (TPSA) is 72.6 Å². The molecule has 1 aliphatic heterocycles. The van der Waals surface area contributed by atoms with Gasteiger partial charge in [-0.3, -0.25) is 4.79 Å². The van der Waals surface area contributed by atoms with E-state index in [2.05, 4.69) is 15.4 Å². The Labute approximate surface area is 202 Å². The number of nitrogens with zero attached hydrogens (tertiary/aromatic N) is 5. The van der Waals surface area contributed by atoms with Gasteiger partial charge in [0.15, 0.2) is 0 Å². The zero-order chi connectivity index (χ0) is 24.4. The SMILES string of the molecule is CC(=O)N1N=C(c2nnn(-c3ccc(F)cc3)c2C)CC1c1ccc(OCc2ccccc2)cc1. The predicted molar refractivity (Wildman–Crippen MR) is 130 cm³/mol. The maximum atomic E-state index is 13.3. The summed E-state index contributed by atoms with van der Waals surface area (Å²) in [5.41, 5.74) is 4.81. The molecule has 7 nitrogen and oxygen atoms in total. The largest absolute Gasteiger partial charge is 0.489 e. The van der Waals surface area contributed by atoms with Crippen molar-refractivity contribution in [1.29, 1.82) is 0 Å². The van der Waals surface area contributed by atoms with Crippen molar-refractivity contribution in [2.45, 2.75) is 32.9 Å². The van der Waals surface area contributed by atoms with E-state index in [9.17, 15) is 9.18 Å². The predicted octanol–water partition coefficient (Wildman–Crippen LogP) is 4.99. The molecular weight excluding hydrogens is 445 g/mol. The number of hydrazone groups is 1. The molecule has 1 aromatic heterocycles. The maximum Gasteiger partial charge on any atom is 0.240 e. The standard InChI is InChI=1S/C27H24FN5O2/c1-18-27(29-31-32(18)23-12-10-22(28)11-13-23)25-16-26(33(30-25)19(2)34)21-8-14-24(15-9-21)35-17-20-6-4-3-5-7-20/h3-15,26H,16-17H2,1-2H3. The summed E-state index contributed by atoms with van der Waals surface area (Å²) in [6.07, 6.45) is 0.507. The monoisotopic (exact) mass is 469 g/mol. The Kier molecular flexibility index (Phi) is 6.10. The van der Waals surface area contributed by atoms with Crippen LogP contribution in [0.4, 0.5) is 4.39 Å². The molecule has 0 spiro atoms. The molecule has 0 radical (unpaired) electrons. The van der Waals surface area contributed by atoms with Crippen molar-refractivity contribution in [3.8, 4) is 11.4 Å². The van der Waals surface area contributed by atoms with E-state index in [4.69, 9.17) is 4.74 Å². The first kappa shape index (κ1) is 22.5. The van der Waals surface area contributed by atoms with Crippen LogP contribution in [0.2, 0.25) is 0 Å². The lowest BCUT2D eigenvalue weighted by Gasteiger charge is -2.20. The number of hydrogen-bond acceptors (Lipinski definition) is 5. The minimum Gasteiger partial charge on any atom is -0.489 e. The second-order valence-corrected chi connectivity index (χ2v) is 8.39. The molecule has 2 heterocycles. The van der Waals surface area contributed by atoms with Gasteiger partial charge in [-0.05, 0) is 54.4 Å². The molecule has 8 heteroatoms. The summed E-state index contributed by atoms with van der Waals surface area (Å²) in [6, 6.07) is 23.5. The molecule has 4 aromatic rings. The molecule has 0 bridgehead atoms. The van der Waals surface area contributed by atoms with Crippen LogP contribution in [0.15, 0.2) is 84.0 Å². The Morgan fingerprint density at radius 2 is 1.74 bits per heavy atom. The van der Waals surface area contributed by atoms with Crippen molar-refractivity contribution in [1.82, 2.24) is 20.0 Å². The number of benzene rings is 3. The molecule has 1 amide bonds. The van der Waals surface area contributed by atoms with Gasteiger partial charge in [0.25, 0.3) is 0 Å². The van der Waals surface area contributed by atoms with Gasteiger partial charge in [-0.25, -0.2) is 14.1 Å². The van der Waals surface area contributed by atoms with Gasteiger partial charge >= 0.3 is 0 Å². The lowest BCUT2D eigenvalue weighted by molar-refractivity contribution is -0.130. The second-order valence-electron chi connectivity index (χ2n) is 8.39. The highest BCUT2D eigenvalue weighted by atomic mass is 19.1. The quantitative estimate of drug-likeness (QED) is 0.399. The minimum atomic E-state index is -0.316. The Balaban J connectivity index is 1.34. The van der Waals surface area contributed by atoms with Gasteiger partial charge in [0.2, 0.25) is 5.91 Å². The number of hydrogen-bond donors (Lipinski definition) is 0. The lowest BCUT2D eigenvalue weighted by atomic mass is 10.00. The van der Waals surface area contributed by atoms with Crippen LogP contribution in [0.3, 0.4) is 0 Å². The van der Waals surface area contributed by atoms with Crippen molar-refractivity contribution in [2.24, 2.45) is 5.10 Å². The number of carbonyl (C=O) groups excluding carboxylic acids is 1. The van der Waals surface area contributed by atoms with Gasteiger partial charge in [0.05, 0.1) is 23.1 Å². The van der Waals surface area contributed by atoms with E-state index in [1.165, 1.54) is 24.1 Å². The zero-order valence-electron chi connectivity index (χ0n) is 19.4. The van der Waals surface area contributed by atoms with E-state index in [0.29, 0.717) is 30.1 Å². The molecule has 3 aromatic carbocycles. The van der Waals surface area contributed by atoms with Crippen LogP contribution in [0.5, 0.6) is 5.75 Å². The van der Waals surface area contributed by atoms with Crippen LogP contribution >= 0.6 is 0 Å². The van der Waals surface area contributed by atoms with Gasteiger partial charge in [-0.2, -0.15) is 5.10 Å². The Bertz CT molecular complexity index is 1370. The lowest BCUT2D eigenvalue weighted by Crippen LogP contribution is -2.24. The Morgan fingerprint density at radius 3 is 2.43 bits per heavy atom. The summed E-state index contributed by atoms with van der Waals surface area (Å²) in [5, 5.41) is 14.6. The van der Waals surface area contributed by atoms with Crippen LogP contribution in [0.1, 0.15) is 41.9 Å². The van der Waals surface area contributed by atoms with Crippen molar-refractivity contribution in [3.05, 3.63) is 107 Å². The average Bonchev–Trinajstić information content (AvgIpc) is 3.48. The minimum absolute atomic E-state index is 0.155. The Hall–Kier alpha value is -4.33. The molecule has 35 heavy (non-hydrogen) atoms. The summed E-state index contributed by atoms with van der Waals surface area (Å²) >= 11 is 0. The number of aromatic nitrogens is 3. The zero-order valence-corrected chi connectivity index (χ0v) is 19.4. The fourth-order valence-electron chi connectivity index (χ4n) is 4.15. The summed E-state index contributed by atoms with van der Waals surface area (Å²) in [7, 11) is 0. The number of carbonyl (C=O) groups is 1. The third kappa shape index (κ3) is 4.68. The van der Waals surface area contributed by atoms with Crippen molar-refractivity contribution in [3.63, 3.8) is 0 Å². The first-order chi connectivity index (χ1) is 17.0. The third-order valence-corrected chi connectivity index (χ3v) is 5.99. The molecule has 1 unspecified atom stereocenters. The van der Waals surface area contributed by atoms with Crippen LogP contribution in [0.25, 0.3) is 5.69 Å². The molecule has 0 saturated carbocycles. The molecule has 0 aliphatic carbocycles. The highest BCUT2D eigenvalue weighted by Crippen LogP contribution is 2.34. The molecule has 1 atom stereocenters. The molecule has 5 rings (SSSR count). The summed E-state index contributed by atoms with van der Waals surface area (Å²) in [6.45, 7) is 3.87. The van der Waals surface area contributed by atoms with Crippen molar-refractivity contribution in [2.75, 3.05) is 0 Å². The molecule has 1 aliphatic rings. The summed E-state index contributed by atoms with van der Waals surface area (Å²) in [4.78, 5) is 12.4.